The Morgan fingerprint density at radius 3 is 2.51 bits per heavy atom. The van der Waals surface area contributed by atoms with Gasteiger partial charge in [0.25, 0.3) is 0 Å². The highest BCUT2D eigenvalue weighted by Gasteiger charge is 2.27. The van der Waals surface area contributed by atoms with Crippen molar-refractivity contribution in [2.24, 2.45) is 21.8 Å². The second-order valence-electron chi connectivity index (χ2n) is 12.0. The van der Waals surface area contributed by atoms with E-state index in [1.165, 1.54) is 33.0 Å². The average molecular weight is 559 g/mol. The summed E-state index contributed by atoms with van der Waals surface area (Å²) in [6, 6.07) is 30.8. The van der Waals surface area contributed by atoms with Gasteiger partial charge in [0.05, 0.1) is 5.70 Å². The molecule has 210 valence electrons. The molecule has 2 N–H and O–H groups in total. The van der Waals surface area contributed by atoms with Crippen LogP contribution in [-0.4, -0.2) is 12.1 Å². The van der Waals surface area contributed by atoms with Gasteiger partial charge in [-0.2, -0.15) is 0 Å². The Labute approximate surface area is 253 Å². The van der Waals surface area contributed by atoms with E-state index in [0.29, 0.717) is 11.8 Å². The molecule has 0 amide bonds. The van der Waals surface area contributed by atoms with Crippen molar-refractivity contribution < 1.29 is 0 Å². The molecule has 2 aliphatic carbocycles. The fraction of sp³-hybridized carbons (Fsp3) is 0.179. The number of allylic oxidation sites excluding steroid dienone is 6. The van der Waals surface area contributed by atoms with Crippen molar-refractivity contribution in [3.63, 3.8) is 0 Å². The maximum atomic E-state index is 5.25. The van der Waals surface area contributed by atoms with Gasteiger partial charge in [0.1, 0.15) is 18.2 Å². The van der Waals surface area contributed by atoms with Gasteiger partial charge in [-0.3, -0.25) is 10.3 Å². The molecule has 2 heterocycles. The topological polar surface area (TPSA) is 48.8 Å². The van der Waals surface area contributed by atoms with Gasteiger partial charge in [0, 0.05) is 23.3 Å². The highest BCUT2D eigenvalue weighted by atomic mass is 15.3. The van der Waals surface area contributed by atoms with E-state index in [1.807, 2.05) is 0 Å². The van der Waals surface area contributed by atoms with Crippen LogP contribution in [0.2, 0.25) is 0 Å². The number of nitrogens with one attached hydrogen (secondary N) is 2. The quantitative estimate of drug-likeness (QED) is 0.265. The number of benzene rings is 4. The van der Waals surface area contributed by atoms with Crippen LogP contribution in [0.1, 0.15) is 59.1 Å². The van der Waals surface area contributed by atoms with E-state index >= 15 is 0 Å². The summed E-state index contributed by atoms with van der Waals surface area (Å²) in [4.78, 5) is 10.1. The third-order valence-corrected chi connectivity index (χ3v) is 9.02. The molecule has 0 aromatic heterocycles. The molecular formula is C39H34N4. The van der Waals surface area contributed by atoms with Crippen molar-refractivity contribution in [2.75, 3.05) is 0 Å². The van der Waals surface area contributed by atoms with Gasteiger partial charge in [-0.1, -0.05) is 116 Å². The van der Waals surface area contributed by atoms with Gasteiger partial charge < -0.3 is 5.32 Å². The van der Waals surface area contributed by atoms with E-state index in [-0.39, 0.29) is 12.3 Å². The third kappa shape index (κ3) is 4.98. The fourth-order valence-electron chi connectivity index (χ4n) is 6.65. The van der Waals surface area contributed by atoms with Crippen LogP contribution in [-0.2, 0) is 6.42 Å². The molecule has 4 aliphatic rings. The molecule has 8 rings (SSSR count). The predicted octanol–water partition coefficient (Wildman–Crippen LogP) is 8.31. The van der Waals surface area contributed by atoms with Crippen molar-refractivity contribution in [3.05, 3.63) is 154 Å². The summed E-state index contributed by atoms with van der Waals surface area (Å²) < 4.78 is 0. The lowest BCUT2D eigenvalue weighted by atomic mass is 9.87. The molecule has 4 atom stereocenters. The van der Waals surface area contributed by atoms with Crippen LogP contribution in [0.4, 0.5) is 0 Å². The van der Waals surface area contributed by atoms with Crippen molar-refractivity contribution in [1.82, 2.24) is 10.6 Å². The molecule has 4 heteroatoms. The highest BCUT2D eigenvalue weighted by molar-refractivity contribution is 6.00. The molecule has 0 spiro atoms. The molecule has 0 radical (unpaired) electrons. The van der Waals surface area contributed by atoms with E-state index in [9.17, 15) is 0 Å². The first-order valence-corrected chi connectivity index (χ1v) is 15.3. The Hall–Kier alpha value is -4.80. The predicted molar refractivity (Wildman–Crippen MR) is 179 cm³/mol. The fourth-order valence-corrected chi connectivity index (χ4v) is 6.65. The molecule has 2 aliphatic heterocycles. The number of amidine groups is 1. The lowest BCUT2D eigenvalue weighted by Crippen LogP contribution is -2.45. The van der Waals surface area contributed by atoms with E-state index in [4.69, 9.17) is 9.98 Å². The number of fused-ring (bicyclic) bond motifs is 3. The Morgan fingerprint density at radius 1 is 0.767 bits per heavy atom. The largest absolute Gasteiger partial charge is 0.350 e. The summed E-state index contributed by atoms with van der Waals surface area (Å²) in [5.74, 6) is 1.87. The zero-order valence-corrected chi connectivity index (χ0v) is 24.2. The lowest BCUT2D eigenvalue weighted by molar-refractivity contribution is 0.409. The molecule has 0 saturated heterocycles. The van der Waals surface area contributed by atoms with Crippen molar-refractivity contribution in [1.29, 1.82) is 0 Å². The molecule has 4 aromatic carbocycles. The number of hydrogen-bond acceptors (Lipinski definition) is 4. The van der Waals surface area contributed by atoms with E-state index < -0.39 is 0 Å². The minimum atomic E-state index is -0.200. The Morgan fingerprint density at radius 2 is 1.60 bits per heavy atom. The van der Waals surface area contributed by atoms with Gasteiger partial charge in [0.2, 0.25) is 0 Å². The SMILES string of the molecule is C[C@@H]1C=Cc2ccc(C3=NC(c4ccc(C5=C6C=CC=CC6CC=N5)cc4)NC(c4ccc5ccccc5c4)N3)cc2C1. The monoisotopic (exact) mass is 558 g/mol. The van der Waals surface area contributed by atoms with Crippen LogP contribution >= 0.6 is 0 Å². The Bertz CT molecular complexity index is 1900. The highest BCUT2D eigenvalue weighted by Crippen LogP contribution is 2.35. The van der Waals surface area contributed by atoms with Crippen LogP contribution in [0.5, 0.6) is 0 Å². The molecule has 0 bridgehead atoms. The Balaban J connectivity index is 1.16. The second kappa shape index (κ2) is 10.8. The summed E-state index contributed by atoms with van der Waals surface area (Å²) in [7, 11) is 0. The second-order valence-corrected chi connectivity index (χ2v) is 12.0. The summed E-state index contributed by atoms with van der Waals surface area (Å²) in [5.41, 5.74) is 9.64. The number of nitrogens with zero attached hydrogens (tertiary/aromatic N) is 2. The Kier molecular flexibility index (Phi) is 6.50. The number of aliphatic imine (C=N–C) groups is 2. The first-order valence-electron chi connectivity index (χ1n) is 15.3. The van der Waals surface area contributed by atoms with Gasteiger partial charge in [-0.15, -0.1) is 0 Å². The summed E-state index contributed by atoms with van der Waals surface area (Å²) in [6.07, 6.45) is 17.1. The van der Waals surface area contributed by atoms with Gasteiger partial charge in [-0.25, -0.2) is 4.99 Å². The third-order valence-electron chi connectivity index (χ3n) is 9.02. The molecular weight excluding hydrogens is 524 g/mol. The van der Waals surface area contributed by atoms with Crippen LogP contribution < -0.4 is 10.6 Å². The van der Waals surface area contributed by atoms with E-state index in [0.717, 1.165) is 41.1 Å². The molecule has 4 nitrogen and oxygen atoms in total. The van der Waals surface area contributed by atoms with Crippen molar-refractivity contribution in [3.8, 4) is 0 Å². The first-order chi connectivity index (χ1) is 21.2. The minimum absolute atomic E-state index is 0.0931. The maximum Gasteiger partial charge on any atom is 0.131 e. The first kappa shape index (κ1) is 25.9. The van der Waals surface area contributed by atoms with Gasteiger partial charge in [-0.05, 0) is 69.5 Å². The molecule has 0 fully saturated rings. The van der Waals surface area contributed by atoms with Crippen molar-refractivity contribution >= 4 is 34.6 Å². The molecule has 4 aromatic rings. The zero-order valence-electron chi connectivity index (χ0n) is 24.2. The zero-order chi connectivity index (χ0) is 28.8. The molecule has 3 unspecified atom stereocenters. The molecule has 43 heavy (non-hydrogen) atoms. The van der Waals surface area contributed by atoms with Crippen LogP contribution in [0.15, 0.2) is 131 Å². The van der Waals surface area contributed by atoms with E-state index in [2.05, 4.69) is 145 Å². The van der Waals surface area contributed by atoms with Crippen LogP contribution in [0.25, 0.3) is 22.5 Å². The standard InChI is InChI=1S/C39H34N4/c1-25-10-11-27-13-19-33(24-34(27)22-25)39-42-37(41-38(43-39)32-18-12-26-6-2-3-8-31(26)23-32)30-16-14-29(15-17-30)36-35-9-5-4-7-28(35)20-21-40-36/h2-19,21,23-25,28,37-38,41H,20,22H2,1H3,(H,42,43)/t25-,28?,37?,38?/m1/s1. The maximum absolute atomic E-state index is 5.25. The lowest BCUT2D eigenvalue weighted by Gasteiger charge is -2.32. The van der Waals surface area contributed by atoms with Crippen LogP contribution in [0, 0.1) is 11.8 Å². The normalized spacial score (nSPS) is 24.0. The van der Waals surface area contributed by atoms with Crippen molar-refractivity contribution in [2.45, 2.75) is 32.1 Å². The molecule has 0 saturated carbocycles. The number of hydrogen-bond donors (Lipinski definition) is 2. The summed E-state index contributed by atoms with van der Waals surface area (Å²) in [6.45, 7) is 2.28. The minimum Gasteiger partial charge on any atom is -0.350 e. The summed E-state index contributed by atoms with van der Waals surface area (Å²) >= 11 is 0. The van der Waals surface area contributed by atoms with Gasteiger partial charge >= 0.3 is 0 Å². The average Bonchev–Trinajstić information content (AvgIpc) is 3.07. The number of rotatable bonds is 4. The van der Waals surface area contributed by atoms with E-state index in [1.54, 1.807) is 0 Å². The smallest absolute Gasteiger partial charge is 0.131 e. The van der Waals surface area contributed by atoms with Gasteiger partial charge in [0.15, 0.2) is 0 Å². The van der Waals surface area contributed by atoms with Crippen LogP contribution in [0.3, 0.4) is 0 Å². The summed E-state index contributed by atoms with van der Waals surface area (Å²) in [5, 5.41) is 10.0.